The fraction of sp³-hybridized carbons (Fsp3) is 0.318. The van der Waals surface area contributed by atoms with Gasteiger partial charge in [-0.25, -0.2) is 8.42 Å². The molecular formula is C22H26N2O5S. The largest absolute Gasteiger partial charge is 0.497 e. The molecule has 0 spiro atoms. The molecule has 0 unspecified atom stereocenters. The van der Waals surface area contributed by atoms with Gasteiger partial charge in [0.1, 0.15) is 11.5 Å². The molecule has 2 aromatic rings. The van der Waals surface area contributed by atoms with E-state index in [0.29, 0.717) is 30.3 Å². The number of nitrogens with zero attached hydrogens (tertiary/aromatic N) is 1. The molecule has 1 fully saturated rings. The number of nitrogens with one attached hydrogen (secondary N) is 1. The molecule has 0 aliphatic carbocycles. The normalized spacial score (nSPS) is 15.1. The van der Waals surface area contributed by atoms with Crippen molar-refractivity contribution in [2.24, 2.45) is 0 Å². The number of carbonyl (C=O) groups is 1. The van der Waals surface area contributed by atoms with Crippen molar-refractivity contribution in [3.05, 3.63) is 54.1 Å². The summed E-state index contributed by atoms with van der Waals surface area (Å²) in [6, 6.07) is 11.8. The molecule has 160 valence electrons. The third-order valence-corrected chi connectivity index (χ3v) is 6.80. The van der Waals surface area contributed by atoms with Crippen molar-refractivity contribution in [1.82, 2.24) is 4.31 Å². The molecule has 1 aliphatic rings. The van der Waals surface area contributed by atoms with Gasteiger partial charge in [0.25, 0.3) is 0 Å². The van der Waals surface area contributed by atoms with Crippen molar-refractivity contribution in [1.29, 1.82) is 0 Å². The quantitative estimate of drug-likeness (QED) is 0.680. The zero-order valence-electron chi connectivity index (χ0n) is 17.1. The number of carbonyl (C=O) groups excluding carboxylic acids is 1. The van der Waals surface area contributed by atoms with Gasteiger partial charge in [0.05, 0.1) is 24.8 Å². The van der Waals surface area contributed by atoms with Crippen molar-refractivity contribution < 1.29 is 22.7 Å². The Morgan fingerprint density at radius 2 is 1.80 bits per heavy atom. The molecule has 0 radical (unpaired) electrons. The molecule has 7 nitrogen and oxygen atoms in total. The summed E-state index contributed by atoms with van der Waals surface area (Å²) in [6.45, 7) is 1.03. The smallest absolute Gasteiger partial charge is 0.248 e. The van der Waals surface area contributed by atoms with Gasteiger partial charge in [-0.3, -0.25) is 4.79 Å². The van der Waals surface area contributed by atoms with Gasteiger partial charge in [0, 0.05) is 19.2 Å². The molecule has 1 heterocycles. The summed E-state index contributed by atoms with van der Waals surface area (Å²) >= 11 is 0. The minimum Gasteiger partial charge on any atom is -0.497 e. The van der Waals surface area contributed by atoms with Gasteiger partial charge < -0.3 is 14.8 Å². The second-order valence-corrected chi connectivity index (χ2v) is 8.86. The average Bonchev–Trinajstić information content (AvgIpc) is 2.78. The van der Waals surface area contributed by atoms with E-state index in [1.807, 2.05) is 18.2 Å². The van der Waals surface area contributed by atoms with E-state index >= 15 is 0 Å². The number of sulfonamides is 1. The van der Waals surface area contributed by atoms with Crippen LogP contribution < -0.4 is 14.8 Å². The van der Waals surface area contributed by atoms with E-state index in [1.165, 1.54) is 29.6 Å². The Bertz CT molecular complexity index is 1030. The third kappa shape index (κ3) is 5.20. The average molecular weight is 431 g/mol. The summed E-state index contributed by atoms with van der Waals surface area (Å²) in [4.78, 5) is 12.6. The molecule has 1 saturated heterocycles. The van der Waals surface area contributed by atoms with E-state index in [0.717, 1.165) is 24.8 Å². The van der Waals surface area contributed by atoms with Crippen LogP contribution in [0.3, 0.4) is 0 Å². The molecule has 8 heteroatoms. The van der Waals surface area contributed by atoms with Crippen LogP contribution in [0.1, 0.15) is 24.8 Å². The van der Waals surface area contributed by atoms with Crippen LogP contribution in [0.15, 0.2) is 53.4 Å². The fourth-order valence-electron chi connectivity index (χ4n) is 3.29. The van der Waals surface area contributed by atoms with Crippen molar-refractivity contribution in [2.75, 3.05) is 32.6 Å². The fourth-order valence-corrected chi connectivity index (χ4v) is 4.83. The van der Waals surface area contributed by atoms with Crippen molar-refractivity contribution in [3.8, 4) is 11.5 Å². The van der Waals surface area contributed by atoms with E-state index in [4.69, 9.17) is 9.47 Å². The second kappa shape index (κ2) is 9.77. The lowest BCUT2D eigenvalue weighted by Crippen LogP contribution is -2.35. The maximum atomic E-state index is 12.9. The summed E-state index contributed by atoms with van der Waals surface area (Å²) in [6.07, 6.45) is 5.77. The van der Waals surface area contributed by atoms with E-state index in [9.17, 15) is 13.2 Å². The van der Waals surface area contributed by atoms with Crippen LogP contribution in [0.25, 0.3) is 6.08 Å². The van der Waals surface area contributed by atoms with Crippen LogP contribution in [-0.2, 0) is 14.8 Å². The molecule has 3 rings (SSSR count). The molecule has 1 N–H and O–H groups in total. The lowest BCUT2D eigenvalue weighted by molar-refractivity contribution is -0.111. The van der Waals surface area contributed by atoms with Crippen molar-refractivity contribution >= 4 is 27.7 Å². The maximum absolute atomic E-state index is 12.9. The molecular weight excluding hydrogens is 404 g/mol. The van der Waals surface area contributed by atoms with Crippen LogP contribution in [0.2, 0.25) is 0 Å². The number of hydrogen-bond donors (Lipinski definition) is 1. The Balaban J connectivity index is 1.79. The lowest BCUT2D eigenvalue weighted by Gasteiger charge is -2.26. The van der Waals surface area contributed by atoms with Crippen LogP contribution in [0.5, 0.6) is 11.5 Å². The van der Waals surface area contributed by atoms with Gasteiger partial charge in [-0.2, -0.15) is 4.31 Å². The minimum absolute atomic E-state index is 0.136. The zero-order valence-corrected chi connectivity index (χ0v) is 17.9. The van der Waals surface area contributed by atoms with Gasteiger partial charge in [-0.15, -0.1) is 0 Å². The second-order valence-electron chi connectivity index (χ2n) is 6.93. The summed E-state index contributed by atoms with van der Waals surface area (Å²) in [5.41, 5.74) is 1.11. The van der Waals surface area contributed by atoms with Crippen molar-refractivity contribution in [3.63, 3.8) is 0 Å². The van der Waals surface area contributed by atoms with Gasteiger partial charge in [0.2, 0.25) is 15.9 Å². The summed E-state index contributed by atoms with van der Waals surface area (Å²) in [7, 11) is -0.569. The predicted molar refractivity (Wildman–Crippen MR) is 116 cm³/mol. The Morgan fingerprint density at radius 3 is 2.50 bits per heavy atom. The lowest BCUT2D eigenvalue weighted by atomic mass is 10.2. The van der Waals surface area contributed by atoms with E-state index in [1.54, 1.807) is 25.3 Å². The SMILES string of the molecule is COc1cccc(C=CC(=O)Nc2cc(S(=O)(=O)N3CCCCC3)ccc2OC)c1. The Hall–Kier alpha value is -2.84. The van der Waals surface area contributed by atoms with Gasteiger partial charge in [0.15, 0.2) is 0 Å². The monoisotopic (exact) mass is 430 g/mol. The Labute approximate surface area is 177 Å². The molecule has 0 aromatic heterocycles. The summed E-state index contributed by atoms with van der Waals surface area (Å²) < 4.78 is 37.8. The van der Waals surface area contributed by atoms with Crippen LogP contribution >= 0.6 is 0 Å². The van der Waals surface area contributed by atoms with Crippen LogP contribution in [-0.4, -0.2) is 45.9 Å². The first-order chi connectivity index (χ1) is 14.4. The van der Waals surface area contributed by atoms with E-state index in [2.05, 4.69) is 5.32 Å². The van der Waals surface area contributed by atoms with Gasteiger partial charge in [-0.05, 0) is 54.8 Å². The number of rotatable bonds is 7. The first-order valence-corrected chi connectivity index (χ1v) is 11.2. The zero-order chi connectivity index (χ0) is 21.6. The molecule has 0 bridgehead atoms. The molecule has 0 atom stereocenters. The number of hydrogen-bond acceptors (Lipinski definition) is 5. The van der Waals surface area contributed by atoms with Crippen LogP contribution in [0, 0.1) is 0 Å². The van der Waals surface area contributed by atoms with Gasteiger partial charge >= 0.3 is 0 Å². The summed E-state index contributed by atoms with van der Waals surface area (Å²) in [5.74, 6) is 0.675. The van der Waals surface area contributed by atoms with Crippen LogP contribution in [0.4, 0.5) is 5.69 Å². The number of anilines is 1. The molecule has 2 aromatic carbocycles. The predicted octanol–water partition coefficient (Wildman–Crippen LogP) is 3.53. The highest BCUT2D eigenvalue weighted by Gasteiger charge is 2.26. The Morgan fingerprint density at radius 1 is 1.03 bits per heavy atom. The number of ether oxygens (including phenoxy) is 2. The minimum atomic E-state index is -3.61. The number of piperidine rings is 1. The summed E-state index contributed by atoms with van der Waals surface area (Å²) in [5, 5.41) is 2.71. The number of methoxy groups -OCH3 is 2. The molecule has 0 saturated carbocycles. The first kappa shape index (κ1) is 21.9. The Kier molecular flexibility index (Phi) is 7.12. The molecule has 30 heavy (non-hydrogen) atoms. The third-order valence-electron chi connectivity index (χ3n) is 4.90. The van der Waals surface area contributed by atoms with Gasteiger partial charge in [-0.1, -0.05) is 18.6 Å². The first-order valence-electron chi connectivity index (χ1n) is 9.75. The highest BCUT2D eigenvalue weighted by Crippen LogP contribution is 2.30. The topological polar surface area (TPSA) is 84.9 Å². The maximum Gasteiger partial charge on any atom is 0.248 e. The number of benzene rings is 2. The van der Waals surface area contributed by atoms with E-state index < -0.39 is 15.9 Å². The standard InChI is InChI=1S/C22H26N2O5S/c1-28-18-8-6-7-17(15-18)9-12-22(25)23-20-16-19(10-11-21(20)29-2)30(26,27)24-13-4-3-5-14-24/h6-12,15-16H,3-5,13-14H2,1-2H3,(H,23,25). The highest BCUT2D eigenvalue weighted by atomic mass is 32.2. The highest BCUT2D eigenvalue weighted by molar-refractivity contribution is 7.89. The molecule has 1 amide bonds. The van der Waals surface area contributed by atoms with E-state index in [-0.39, 0.29) is 4.90 Å². The van der Waals surface area contributed by atoms with Crippen molar-refractivity contribution in [2.45, 2.75) is 24.2 Å². The molecule has 1 aliphatic heterocycles. The number of amides is 1.